The van der Waals surface area contributed by atoms with Crippen LogP contribution in [0.1, 0.15) is 39.0 Å². The predicted octanol–water partition coefficient (Wildman–Crippen LogP) is 3.31. The fraction of sp³-hybridized carbons (Fsp3) is 0.917. The number of hydrogen-bond donors (Lipinski definition) is 0. The zero-order valence-electron chi connectivity index (χ0n) is 9.87. The number of thioether (sulfide) groups is 2. The Morgan fingerprint density at radius 2 is 2.12 bits per heavy atom. The summed E-state index contributed by atoms with van der Waals surface area (Å²) in [4.78, 5) is 12.0. The molecule has 0 aromatic carbocycles. The maximum Gasteiger partial charge on any atom is 0.312 e. The van der Waals surface area contributed by atoms with Gasteiger partial charge in [0.05, 0.1) is 16.6 Å². The fourth-order valence-corrected chi connectivity index (χ4v) is 5.62. The lowest BCUT2D eigenvalue weighted by atomic mass is 9.77. The molecule has 2 aliphatic rings. The van der Waals surface area contributed by atoms with Crippen LogP contribution < -0.4 is 0 Å². The summed E-state index contributed by atoms with van der Waals surface area (Å²) >= 11 is 4.06. The number of hydrogen-bond acceptors (Lipinski definition) is 4. The maximum atomic E-state index is 12.0. The Morgan fingerprint density at radius 1 is 1.38 bits per heavy atom. The van der Waals surface area contributed by atoms with Crippen LogP contribution in [0.15, 0.2) is 0 Å². The van der Waals surface area contributed by atoms with Gasteiger partial charge in [-0.3, -0.25) is 4.79 Å². The fourth-order valence-electron chi connectivity index (χ4n) is 2.45. The molecule has 2 saturated heterocycles. The summed E-state index contributed by atoms with van der Waals surface area (Å²) in [5, 5.41) is 0. The van der Waals surface area contributed by atoms with Gasteiger partial charge in [0, 0.05) is 0 Å². The molecule has 2 rings (SSSR count). The summed E-state index contributed by atoms with van der Waals surface area (Å²) in [7, 11) is 0. The van der Waals surface area contributed by atoms with Crippen molar-refractivity contribution in [3.63, 3.8) is 0 Å². The van der Waals surface area contributed by atoms with E-state index in [-0.39, 0.29) is 11.4 Å². The number of rotatable bonds is 3. The molecular weight excluding hydrogens is 240 g/mol. The van der Waals surface area contributed by atoms with Crippen LogP contribution in [0.3, 0.4) is 0 Å². The highest BCUT2D eigenvalue weighted by molar-refractivity contribution is 8.17. The Hall–Kier alpha value is 0.170. The molecule has 0 N–H and O–H groups in total. The van der Waals surface area contributed by atoms with E-state index in [2.05, 4.69) is 6.92 Å². The average molecular weight is 260 g/mol. The summed E-state index contributed by atoms with van der Waals surface area (Å²) in [6.45, 7) is 2.76. The van der Waals surface area contributed by atoms with Crippen molar-refractivity contribution in [3.8, 4) is 0 Å². The van der Waals surface area contributed by atoms with Crippen LogP contribution in [-0.4, -0.2) is 28.7 Å². The van der Waals surface area contributed by atoms with Crippen molar-refractivity contribution in [3.05, 3.63) is 0 Å². The molecule has 1 atom stereocenters. The average Bonchev–Trinajstić information content (AvgIpc) is 2.34. The molecule has 0 amide bonds. The van der Waals surface area contributed by atoms with Crippen molar-refractivity contribution in [2.75, 3.05) is 18.1 Å². The second-order valence-electron chi connectivity index (χ2n) is 4.60. The summed E-state index contributed by atoms with van der Waals surface area (Å²) in [6, 6.07) is 0. The van der Waals surface area contributed by atoms with Crippen LogP contribution in [0.25, 0.3) is 0 Å². The highest BCUT2D eigenvalue weighted by Crippen LogP contribution is 2.44. The Bertz CT molecular complexity index is 251. The molecule has 1 unspecified atom stereocenters. The van der Waals surface area contributed by atoms with Crippen molar-refractivity contribution in [1.82, 2.24) is 0 Å². The van der Waals surface area contributed by atoms with Crippen LogP contribution in [0.5, 0.6) is 0 Å². The largest absolute Gasteiger partial charge is 0.465 e. The van der Waals surface area contributed by atoms with Gasteiger partial charge in [-0.15, -0.1) is 23.5 Å². The minimum absolute atomic E-state index is 0.0630. The van der Waals surface area contributed by atoms with Crippen LogP contribution in [0.2, 0.25) is 0 Å². The van der Waals surface area contributed by atoms with E-state index >= 15 is 0 Å². The van der Waals surface area contributed by atoms with E-state index in [4.69, 9.17) is 4.74 Å². The van der Waals surface area contributed by atoms with Crippen molar-refractivity contribution in [2.24, 2.45) is 5.41 Å². The van der Waals surface area contributed by atoms with Gasteiger partial charge in [0.15, 0.2) is 0 Å². The quantitative estimate of drug-likeness (QED) is 0.727. The second-order valence-corrected chi connectivity index (χ2v) is 7.52. The molecule has 2 heterocycles. The third-order valence-corrected chi connectivity index (χ3v) is 6.54. The zero-order chi connectivity index (χ0) is 11.4. The number of carbonyl (C=O) groups excluding carboxylic acids is 1. The first-order chi connectivity index (χ1) is 7.77. The maximum absolute atomic E-state index is 12.0. The van der Waals surface area contributed by atoms with E-state index < -0.39 is 0 Å². The third kappa shape index (κ3) is 2.70. The standard InChI is InChI=1S/C12H20O2S2/c1-2-12(5-3-6-14-11(12)13)9-10-15-7-4-8-16-10/h10H,2-9H2,1H3. The number of carbonyl (C=O) groups is 1. The number of esters is 1. The first-order valence-corrected chi connectivity index (χ1v) is 8.27. The monoisotopic (exact) mass is 260 g/mol. The molecule has 0 aromatic rings. The summed E-state index contributed by atoms with van der Waals surface area (Å²) < 4.78 is 5.88. The molecule has 2 fully saturated rings. The SMILES string of the molecule is CCC1(CC2SCCCS2)CCCOC1=O. The van der Waals surface area contributed by atoms with E-state index in [1.54, 1.807) is 0 Å². The van der Waals surface area contributed by atoms with Gasteiger partial charge in [0.1, 0.15) is 0 Å². The lowest BCUT2D eigenvalue weighted by Gasteiger charge is -2.37. The predicted molar refractivity (Wildman–Crippen MR) is 70.9 cm³/mol. The molecule has 4 heteroatoms. The summed E-state index contributed by atoms with van der Waals surface area (Å²) in [5.41, 5.74) is -0.166. The Morgan fingerprint density at radius 3 is 2.75 bits per heavy atom. The van der Waals surface area contributed by atoms with Gasteiger partial charge < -0.3 is 4.74 Å². The van der Waals surface area contributed by atoms with Crippen molar-refractivity contribution < 1.29 is 9.53 Å². The minimum Gasteiger partial charge on any atom is -0.465 e. The lowest BCUT2D eigenvalue weighted by Crippen LogP contribution is -2.39. The summed E-state index contributed by atoms with van der Waals surface area (Å²) in [6.07, 6.45) is 5.33. The van der Waals surface area contributed by atoms with Crippen molar-refractivity contribution in [1.29, 1.82) is 0 Å². The molecule has 0 saturated carbocycles. The zero-order valence-corrected chi connectivity index (χ0v) is 11.5. The molecule has 2 nitrogen and oxygen atoms in total. The van der Waals surface area contributed by atoms with Crippen LogP contribution >= 0.6 is 23.5 Å². The van der Waals surface area contributed by atoms with Gasteiger partial charge in [-0.2, -0.15) is 0 Å². The molecule has 16 heavy (non-hydrogen) atoms. The van der Waals surface area contributed by atoms with Gasteiger partial charge in [-0.25, -0.2) is 0 Å². The second kappa shape index (κ2) is 5.67. The van der Waals surface area contributed by atoms with E-state index in [0.29, 0.717) is 11.2 Å². The smallest absolute Gasteiger partial charge is 0.312 e. The first kappa shape index (κ1) is 12.6. The van der Waals surface area contributed by atoms with E-state index in [9.17, 15) is 4.79 Å². The topological polar surface area (TPSA) is 26.3 Å². The van der Waals surface area contributed by atoms with Crippen molar-refractivity contribution in [2.45, 2.75) is 43.6 Å². The van der Waals surface area contributed by atoms with Crippen LogP contribution in [-0.2, 0) is 9.53 Å². The van der Waals surface area contributed by atoms with Gasteiger partial charge in [0.25, 0.3) is 0 Å². The highest BCUT2D eigenvalue weighted by Gasteiger charge is 2.42. The molecule has 0 spiro atoms. The van der Waals surface area contributed by atoms with E-state index in [0.717, 1.165) is 25.7 Å². The molecule has 0 radical (unpaired) electrons. The van der Waals surface area contributed by atoms with Gasteiger partial charge in [-0.1, -0.05) is 6.92 Å². The molecule has 92 valence electrons. The Kier molecular flexibility index (Phi) is 4.48. The third-order valence-electron chi connectivity index (χ3n) is 3.60. The molecule has 0 bridgehead atoms. The minimum atomic E-state index is -0.166. The van der Waals surface area contributed by atoms with Crippen molar-refractivity contribution >= 4 is 29.5 Å². The summed E-state index contributed by atoms with van der Waals surface area (Å²) in [5.74, 6) is 2.58. The van der Waals surface area contributed by atoms with Crippen LogP contribution in [0, 0.1) is 5.41 Å². The Labute approximate surface area is 106 Å². The first-order valence-electron chi connectivity index (χ1n) is 6.17. The normalized spacial score (nSPS) is 32.4. The molecular formula is C12H20O2S2. The Balaban J connectivity index is 1.99. The number of ether oxygens (including phenoxy) is 1. The van der Waals surface area contributed by atoms with Gasteiger partial charge in [-0.05, 0) is 43.6 Å². The molecule has 0 aromatic heterocycles. The highest BCUT2D eigenvalue weighted by atomic mass is 32.2. The number of cyclic esters (lactones) is 1. The van der Waals surface area contributed by atoms with Gasteiger partial charge in [0.2, 0.25) is 0 Å². The van der Waals surface area contributed by atoms with E-state index in [1.807, 2.05) is 23.5 Å². The molecule has 0 aliphatic carbocycles. The van der Waals surface area contributed by atoms with Gasteiger partial charge >= 0.3 is 5.97 Å². The lowest BCUT2D eigenvalue weighted by molar-refractivity contribution is -0.162. The van der Waals surface area contributed by atoms with Crippen LogP contribution in [0.4, 0.5) is 0 Å². The van der Waals surface area contributed by atoms with E-state index in [1.165, 1.54) is 17.9 Å². The molecule has 2 aliphatic heterocycles.